The molecule has 0 saturated carbocycles. The van der Waals surface area contributed by atoms with E-state index in [1.54, 1.807) is 30.3 Å². The SMILES string of the molecule is CN(CC(=O)C(CCCCN)NC(=O)c1ccccc1)C(=O)N1CCC[C@H]1C(=O)O. The number of hydrogen-bond acceptors (Lipinski definition) is 5. The molecule has 0 bridgehead atoms. The molecule has 0 aromatic heterocycles. The number of urea groups is 1. The van der Waals surface area contributed by atoms with Gasteiger partial charge in [-0.1, -0.05) is 18.2 Å². The van der Waals surface area contributed by atoms with E-state index in [1.807, 2.05) is 0 Å². The number of carbonyl (C=O) groups is 4. The van der Waals surface area contributed by atoms with Gasteiger partial charge in [0.2, 0.25) is 0 Å². The number of hydrogen-bond donors (Lipinski definition) is 3. The minimum absolute atomic E-state index is 0.218. The Balaban J connectivity index is 2.02. The van der Waals surface area contributed by atoms with Gasteiger partial charge in [0.05, 0.1) is 12.6 Å². The summed E-state index contributed by atoms with van der Waals surface area (Å²) < 4.78 is 0. The van der Waals surface area contributed by atoms with Crippen LogP contribution in [0.1, 0.15) is 42.5 Å². The molecule has 9 heteroatoms. The van der Waals surface area contributed by atoms with Crippen molar-refractivity contribution in [3.63, 3.8) is 0 Å². The highest BCUT2D eigenvalue weighted by Gasteiger charge is 2.36. The van der Waals surface area contributed by atoms with Crippen LogP contribution in [0.25, 0.3) is 0 Å². The zero-order chi connectivity index (χ0) is 22.1. The number of carboxylic acids is 1. The topological polar surface area (TPSA) is 133 Å². The van der Waals surface area contributed by atoms with Crippen LogP contribution in [0.2, 0.25) is 0 Å². The second-order valence-electron chi connectivity index (χ2n) is 7.47. The average molecular weight is 418 g/mol. The van der Waals surface area contributed by atoms with Crippen molar-refractivity contribution < 1.29 is 24.3 Å². The molecule has 1 aromatic rings. The van der Waals surface area contributed by atoms with Gasteiger partial charge in [0, 0.05) is 19.2 Å². The van der Waals surface area contributed by atoms with Crippen LogP contribution < -0.4 is 11.1 Å². The predicted molar refractivity (Wildman–Crippen MR) is 111 cm³/mol. The Morgan fingerprint density at radius 2 is 1.93 bits per heavy atom. The summed E-state index contributed by atoms with van der Waals surface area (Å²) >= 11 is 0. The number of aliphatic carboxylic acids is 1. The van der Waals surface area contributed by atoms with Gasteiger partial charge in [-0.15, -0.1) is 0 Å². The molecule has 1 aliphatic rings. The lowest BCUT2D eigenvalue weighted by molar-refractivity contribution is -0.141. The van der Waals surface area contributed by atoms with Crippen molar-refractivity contribution in [3.8, 4) is 0 Å². The summed E-state index contributed by atoms with van der Waals surface area (Å²) in [5.74, 6) is -1.71. The van der Waals surface area contributed by atoms with E-state index in [-0.39, 0.29) is 18.2 Å². The molecule has 2 rings (SSSR count). The molecule has 1 unspecified atom stereocenters. The van der Waals surface area contributed by atoms with Gasteiger partial charge in [-0.05, 0) is 50.8 Å². The molecule has 9 nitrogen and oxygen atoms in total. The number of likely N-dealkylation sites (tertiary alicyclic amines) is 1. The lowest BCUT2D eigenvalue weighted by Gasteiger charge is -2.28. The summed E-state index contributed by atoms with van der Waals surface area (Å²) in [6, 6.07) is 6.47. The molecular weight excluding hydrogens is 388 g/mol. The number of Topliss-reactive ketones (excluding diaryl/α,β-unsaturated/α-hetero) is 1. The predicted octanol–water partition coefficient (Wildman–Crippen LogP) is 1.08. The van der Waals surface area contributed by atoms with E-state index >= 15 is 0 Å². The Kier molecular flexibility index (Phi) is 8.79. The maximum absolute atomic E-state index is 12.9. The van der Waals surface area contributed by atoms with Crippen LogP contribution in [0.5, 0.6) is 0 Å². The molecule has 2 atom stereocenters. The molecule has 1 aliphatic heterocycles. The van der Waals surface area contributed by atoms with E-state index < -0.39 is 24.1 Å². The number of ketones is 1. The molecule has 164 valence electrons. The van der Waals surface area contributed by atoms with E-state index in [0.29, 0.717) is 50.8 Å². The van der Waals surface area contributed by atoms with Gasteiger partial charge in [-0.3, -0.25) is 9.59 Å². The molecule has 3 amide bonds. The fourth-order valence-corrected chi connectivity index (χ4v) is 3.52. The Morgan fingerprint density at radius 3 is 2.57 bits per heavy atom. The van der Waals surface area contributed by atoms with Crippen LogP contribution >= 0.6 is 0 Å². The van der Waals surface area contributed by atoms with Crippen molar-refractivity contribution in [1.29, 1.82) is 0 Å². The third kappa shape index (κ3) is 6.28. The second-order valence-corrected chi connectivity index (χ2v) is 7.47. The Bertz CT molecular complexity index is 755. The zero-order valence-corrected chi connectivity index (χ0v) is 17.3. The van der Waals surface area contributed by atoms with E-state index in [9.17, 15) is 24.3 Å². The molecule has 1 fully saturated rings. The monoisotopic (exact) mass is 418 g/mol. The van der Waals surface area contributed by atoms with Gasteiger partial charge in [-0.25, -0.2) is 9.59 Å². The number of likely N-dealkylation sites (N-methyl/N-ethyl adjacent to an activating group) is 1. The van der Waals surface area contributed by atoms with Crippen LogP contribution in [-0.4, -0.2) is 77.4 Å². The van der Waals surface area contributed by atoms with Crippen molar-refractivity contribution in [2.75, 3.05) is 26.7 Å². The Morgan fingerprint density at radius 1 is 1.23 bits per heavy atom. The molecule has 1 heterocycles. The highest BCUT2D eigenvalue weighted by molar-refractivity contribution is 5.99. The molecule has 30 heavy (non-hydrogen) atoms. The number of amides is 3. The maximum atomic E-state index is 12.9. The first-order chi connectivity index (χ1) is 14.3. The van der Waals surface area contributed by atoms with E-state index in [4.69, 9.17) is 5.73 Å². The highest BCUT2D eigenvalue weighted by Crippen LogP contribution is 2.19. The van der Waals surface area contributed by atoms with Gasteiger partial charge >= 0.3 is 12.0 Å². The van der Waals surface area contributed by atoms with Crippen molar-refractivity contribution in [2.45, 2.75) is 44.2 Å². The fraction of sp³-hybridized carbons (Fsp3) is 0.524. The number of benzene rings is 1. The van der Waals surface area contributed by atoms with Crippen LogP contribution in [0.3, 0.4) is 0 Å². The maximum Gasteiger partial charge on any atom is 0.326 e. The van der Waals surface area contributed by atoms with Crippen LogP contribution in [0.15, 0.2) is 30.3 Å². The number of unbranched alkanes of at least 4 members (excludes halogenated alkanes) is 1. The van der Waals surface area contributed by atoms with Gasteiger partial charge in [-0.2, -0.15) is 0 Å². The fourth-order valence-electron chi connectivity index (χ4n) is 3.52. The third-order valence-corrected chi connectivity index (χ3v) is 5.18. The van der Waals surface area contributed by atoms with Gasteiger partial charge < -0.3 is 26.0 Å². The lowest BCUT2D eigenvalue weighted by atomic mass is 10.0. The van der Waals surface area contributed by atoms with E-state index in [2.05, 4.69) is 5.32 Å². The minimum Gasteiger partial charge on any atom is -0.480 e. The van der Waals surface area contributed by atoms with Crippen molar-refractivity contribution in [3.05, 3.63) is 35.9 Å². The van der Waals surface area contributed by atoms with Crippen molar-refractivity contribution in [1.82, 2.24) is 15.1 Å². The van der Waals surface area contributed by atoms with E-state index in [1.165, 1.54) is 16.8 Å². The van der Waals surface area contributed by atoms with Gasteiger partial charge in [0.25, 0.3) is 5.91 Å². The third-order valence-electron chi connectivity index (χ3n) is 5.18. The standard InChI is InChI=1S/C21H30N4O5/c1-24(21(30)25-13-7-11-17(25)20(28)29)14-18(26)16(10-5-6-12-22)23-19(27)15-8-3-2-4-9-15/h2-4,8-9,16-17H,5-7,10-14,22H2,1H3,(H,23,27)(H,28,29)/t16?,17-/m0/s1. The van der Waals surface area contributed by atoms with Crippen LogP contribution in [-0.2, 0) is 9.59 Å². The summed E-state index contributed by atoms with van der Waals surface area (Å²) in [6.45, 7) is 0.612. The van der Waals surface area contributed by atoms with Crippen molar-refractivity contribution in [2.24, 2.45) is 5.73 Å². The highest BCUT2D eigenvalue weighted by atomic mass is 16.4. The van der Waals surface area contributed by atoms with Gasteiger partial charge in [0.1, 0.15) is 6.04 Å². The summed E-state index contributed by atoms with van der Waals surface area (Å²) in [7, 11) is 1.47. The largest absolute Gasteiger partial charge is 0.480 e. The summed E-state index contributed by atoms with van der Waals surface area (Å²) in [4.78, 5) is 51.9. The molecule has 1 saturated heterocycles. The molecule has 1 aromatic carbocycles. The zero-order valence-electron chi connectivity index (χ0n) is 17.3. The first kappa shape index (κ1) is 23.3. The molecular formula is C21H30N4O5. The normalized spacial score (nSPS) is 16.7. The van der Waals surface area contributed by atoms with Gasteiger partial charge in [0.15, 0.2) is 5.78 Å². The number of nitrogens with two attached hydrogens (primary N) is 1. The summed E-state index contributed by atoms with van der Waals surface area (Å²) in [5, 5.41) is 12.0. The first-order valence-corrected chi connectivity index (χ1v) is 10.2. The quantitative estimate of drug-likeness (QED) is 0.487. The lowest BCUT2D eigenvalue weighted by Crippen LogP contribution is -2.50. The number of nitrogens with zero attached hydrogens (tertiary/aromatic N) is 2. The Labute approximate surface area is 176 Å². The van der Waals surface area contributed by atoms with Crippen LogP contribution in [0, 0.1) is 0 Å². The smallest absolute Gasteiger partial charge is 0.326 e. The summed E-state index contributed by atoms with van der Waals surface area (Å²) in [5.41, 5.74) is 5.98. The number of nitrogens with one attached hydrogen (secondary N) is 1. The molecule has 0 aliphatic carbocycles. The number of rotatable bonds is 10. The Hall–Kier alpha value is -2.94. The molecule has 0 radical (unpaired) electrons. The summed E-state index contributed by atoms with van der Waals surface area (Å²) in [6.07, 6.45) is 2.80. The number of carboxylic acid groups (broad SMARTS) is 1. The molecule has 0 spiro atoms. The minimum atomic E-state index is -1.05. The van der Waals surface area contributed by atoms with E-state index in [0.717, 1.165) is 0 Å². The second kappa shape index (κ2) is 11.3. The average Bonchev–Trinajstić information content (AvgIpc) is 3.23. The van der Waals surface area contributed by atoms with Crippen molar-refractivity contribution >= 4 is 23.7 Å². The van der Waals surface area contributed by atoms with Crippen LogP contribution in [0.4, 0.5) is 4.79 Å². The molecule has 4 N–H and O–H groups in total. The number of carbonyl (C=O) groups excluding carboxylic acids is 3. The first-order valence-electron chi connectivity index (χ1n) is 10.2.